The highest BCUT2D eigenvalue weighted by molar-refractivity contribution is 7.13. The van der Waals surface area contributed by atoms with Crippen LogP contribution in [0.25, 0.3) is 16.4 Å². The van der Waals surface area contributed by atoms with Crippen molar-refractivity contribution in [1.82, 2.24) is 24.6 Å². The number of hydrogen-bond donors (Lipinski definition) is 0. The maximum atomic E-state index is 13.3. The van der Waals surface area contributed by atoms with E-state index in [0.29, 0.717) is 38.4 Å². The van der Waals surface area contributed by atoms with Gasteiger partial charge in [-0.2, -0.15) is 0 Å². The number of hydrogen-bond acceptors (Lipinski definition) is 6. The number of para-hydroxylation sites is 1. The maximum Gasteiger partial charge on any atom is 0.293 e. The van der Waals surface area contributed by atoms with Crippen molar-refractivity contribution in [3.63, 3.8) is 0 Å². The molecule has 9 heteroatoms. The summed E-state index contributed by atoms with van der Waals surface area (Å²) in [6, 6.07) is 21.1. The molecule has 3 heterocycles. The van der Waals surface area contributed by atoms with Gasteiger partial charge in [0, 0.05) is 26.2 Å². The Labute approximate surface area is 207 Å². The van der Waals surface area contributed by atoms with Crippen LogP contribution in [0, 0.1) is 0 Å². The largest absolute Gasteiger partial charge is 0.497 e. The fraction of sp³-hybridized carbons (Fsp3) is 0.231. The quantitative estimate of drug-likeness (QED) is 0.416. The Kier molecular flexibility index (Phi) is 6.58. The molecule has 0 atom stereocenters. The van der Waals surface area contributed by atoms with E-state index in [1.54, 1.807) is 32.9 Å². The van der Waals surface area contributed by atoms with Gasteiger partial charge in [-0.15, -0.1) is 16.4 Å². The van der Waals surface area contributed by atoms with Crippen LogP contribution in [0.4, 0.5) is 0 Å². The standard InChI is InChI=1S/C26H25N5O3S/c1-34-21-10-5-7-19(17-21)18-23(32)29-12-14-30(15-13-29)26(33)24-27-25(22-11-6-16-35-22)31(28-24)20-8-3-2-4-9-20/h2-11,16-17H,12-15,18H2,1H3. The molecule has 1 aliphatic rings. The Bertz CT molecular complexity index is 1310. The van der Waals surface area contributed by atoms with Crippen molar-refractivity contribution in [3.8, 4) is 22.1 Å². The number of piperazine rings is 1. The monoisotopic (exact) mass is 487 g/mol. The van der Waals surface area contributed by atoms with Crippen molar-refractivity contribution in [2.24, 2.45) is 0 Å². The lowest BCUT2D eigenvalue weighted by molar-refractivity contribution is -0.131. The van der Waals surface area contributed by atoms with E-state index in [1.165, 1.54) is 0 Å². The van der Waals surface area contributed by atoms with Crippen LogP contribution >= 0.6 is 11.3 Å². The highest BCUT2D eigenvalue weighted by atomic mass is 32.1. The molecule has 0 radical (unpaired) electrons. The predicted octanol–water partition coefficient (Wildman–Crippen LogP) is 3.53. The highest BCUT2D eigenvalue weighted by Crippen LogP contribution is 2.26. The maximum absolute atomic E-state index is 13.3. The molecule has 8 nitrogen and oxygen atoms in total. The summed E-state index contributed by atoms with van der Waals surface area (Å²) in [7, 11) is 1.61. The Hall–Kier alpha value is -3.98. The summed E-state index contributed by atoms with van der Waals surface area (Å²) in [6.07, 6.45) is 0.304. The number of thiophene rings is 1. The van der Waals surface area contributed by atoms with Crippen LogP contribution in [0.5, 0.6) is 5.75 Å². The van der Waals surface area contributed by atoms with Crippen molar-refractivity contribution in [2.45, 2.75) is 6.42 Å². The van der Waals surface area contributed by atoms with Crippen molar-refractivity contribution in [1.29, 1.82) is 0 Å². The zero-order chi connectivity index (χ0) is 24.2. The first-order chi connectivity index (χ1) is 17.1. The number of methoxy groups -OCH3 is 1. The fourth-order valence-corrected chi connectivity index (χ4v) is 4.78. The topological polar surface area (TPSA) is 80.6 Å². The number of benzene rings is 2. The SMILES string of the molecule is COc1cccc(CC(=O)N2CCN(C(=O)c3nc(-c4cccs4)n(-c4ccccc4)n3)CC2)c1. The smallest absolute Gasteiger partial charge is 0.293 e. The molecule has 0 N–H and O–H groups in total. The molecule has 1 fully saturated rings. The van der Waals surface area contributed by atoms with Crippen LogP contribution in [-0.4, -0.2) is 69.7 Å². The van der Waals surface area contributed by atoms with Crippen molar-refractivity contribution in [2.75, 3.05) is 33.3 Å². The van der Waals surface area contributed by atoms with Gasteiger partial charge < -0.3 is 14.5 Å². The summed E-state index contributed by atoms with van der Waals surface area (Å²) >= 11 is 1.55. The van der Waals surface area contributed by atoms with Crippen molar-refractivity contribution >= 4 is 23.2 Å². The number of nitrogens with zero attached hydrogens (tertiary/aromatic N) is 5. The van der Waals surface area contributed by atoms with Gasteiger partial charge in [0.1, 0.15) is 5.75 Å². The molecule has 0 aliphatic carbocycles. The molecular formula is C26H25N5O3S. The van der Waals surface area contributed by atoms with Gasteiger partial charge in [-0.1, -0.05) is 36.4 Å². The third-order valence-corrected chi connectivity index (χ3v) is 6.82. The Morgan fingerprint density at radius 1 is 0.943 bits per heavy atom. The van der Waals surface area contributed by atoms with Crippen LogP contribution in [0.15, 0.2) is 72.1 Å². The second-order valence-corrected chi connectivity index (χ2v) is 9.13. The molecule has 0 bridgehead atoms. The molecular weight excluding hydrogens is 462 g/mol. The Morgan fingerprint density at radius 2 is 1.71 bits per heavy atom. The summed E-state index contributed by atoms with van der Waals surface area (Å²) in [5, 5.41) is 6.54. The average molecular weight is 488 g/mol. The van der Waals surface area contributed by atoms with Gasteiger partial charge in [-0.25, -0.2) is 9.67 Å². The number of rotatable bonds is 6. The van der Waals surface area contributed by atoms with Gasteiger partial charge in [0.2, 0.25) is 11.7 Å². The van der Waals surface area contributed by atoms with Crippen LogP contribution in [0.3, 0.4) is 0 Å². The molecule has 35 heavy (non-hydrogen) atoms. The van der Waals surface area contributed by atoms with E-state index in [1.807, 2.05) is 72.1 Å². The van der Waals surface area contributed by atoms with E-state index in [2.05, 4.69) is 10.1 Å². The minimum absolute atomic E-state index is 0.0387. The van der Waals surface area contributed by atoms with E-state index in [9.17, 15) is 9.59 Å². The van der Waals surface area contributed by atoms with Crippen molar-refractivity contribution in [3.05, 3.63) is 83.5 Å². The number of ether oxygens (including phenoxy) is 1. The minimum Gasteiger partial charge on any atom is -0.497 e. The van der Waals surface area contributed by atoms with Crippen LogP contribution in [-0.2, 0) is 11.2 Å². The third kappa shape index (κ3) is 4.95. The van der Waals surface area contributed by atoms with E-state index >= 15 is 0 Å². The number of aromatic nitrogens is 3. The van der Waals surface area contributed by atoms with Gasteiger partial charge in [-0.05, 0) is 41.3 Å². The lowest BCUT2D eigenvalue weighted by Gasteiger charge is -2.34. The zero-order valence-electron chi connectivity index (χ0n) is 19.3. The minimum atomic E-state index is -0.225. The lowest BCUT2D eigenvalue weighted by Crippen LogP contribution is -2.51. The Morgan fingerprint density at radius 3 is 2.43 bits per heavy atom. The molecule has 1 saturated heterocycles. The first-order valence-electron chi connectivity index (χ1n) is 11.4. The second-order valence-electron chi connectivity index (χ2n) is 8.18. The number of amides is 2. The zero-order valence-corrected chi connectivity index (χ0v) is 20.1. The van der Waals surface area contributed by atoms with Gasteiger partial charge in [-0.3, -0.25) is 9.59 Å². The van der Waals surface area contributed by atoms with Gasteiger partial charge in [0.25, 0.3) is 5.91 Å². The van der Waals surface area contributed by atoms with Crippen LogP contribution < -0.4 is 4.74 Å². The fourth-order valence-electron chi connectivity index (χ4n) is 4.09. The van der Waals surface area contributed by atoms with E-state index in [4.69, 9.17) is 4.74 Å². The molecule has 2 aromatic carbocycles. The van der Waals surface area contributed by atoms with E-state index in [-0.39, 0.29) is 17.6 Å². The third-order valence-electron chi connectivity index (χ3n) is 5.95. The lowest BCUT2D eigenvalue weighted by atomic mass is 10.1. The molecule has 0 saturated carbocycles. The molecule has 4 aromatic rings. The first kappa shape index (κ1) is 22.8. The second kappa shape index (κ2) is 10.1. The predicted molar refractivity (Wildman–Crippen MR) is 134 cm³/mol. The first-order valence-corrected chi connectivity index (χ1v) is 12.3. The van der Waals surface area contributed by atoms with Gasteiger partial charge >= 0.3 is 0 Å². The Balaban J connectivity index is 1.27. The normalized spacial score (nSPS) is 13.6. The van der Waals surface area contributed by atoms with Gasteiger partial charge in [0.15, 0.2) is 5.82 Å². The molecule has 2 aromatic heterocycles. The molecule has 1 aliphatic heterocycles. The summed E-state index contributed by atoms with van der Waals surface area (Å²) in [6.45, 7) is 1.84. The molecule has 178 valence electrons. The molecule has 2 amide bonds. The summed E-state index contributed by atoms with van der Waals surface area (Å²) in [5.41, 5.74) is 1.75. The van der Waals surface area contributed by atoms with Gasteiger partial charge in [0.05, 0.1) is 24.1 Å². The molecule has 5 rings (SSSR count). The van der Waals surface area contributed by atoms with E-state index in [0.717, 1.165) is 21.9 Å². The summed E-state index contributed by atoms with van der Waals surface area (Å²) in [4.78, 5) is 35.2. The van der Waals surface area contributed by atoms with Crippen LogP contribution in [0.1, 0.15) is 16.2 Å². The molecule has 0 unspecified atom stereocenters. The molecule has 0 spiro atoms. The number of carbonyl (C=O) groups excluding carboxylic acids is 2. The van der Waals surface area contributed by atoms with Crippen LogP contribution in [0.2, 0.25) is 0 Å². The average Bonchev–Trinajstić information content (AvgIpc) is 3.59. The van der Waals surface area contributed by atoms with Crippen molar-refractivity contribution < 1.29 is 14.3 Å². The van der Waals surface area contributed by atoms with E-state index < -0.39 is 0 Å². The number of carbonyl (C=O) groups is 2. The summed E-state index contributed by atoms with van der Waals surface area (Å²) < 4.78 is 6.96. The summed E-state index contributed by atoms with van der Waals surface area (Å²) in [5.74, 6) is 1.35. The highest BCUT2D eigenvalue weighted by Gasteiger charge is 2.28.